The van der Waals surface area contributed by atoms with Crippen LogP contribution >= 0.6 is 11.8 Å². The number of rotatable bonds is 6. The summed E-state index contributed by atoms with van der Waals surface area (Å²) in [7, 11) is 1.53. The number of aliphatic imine (C=N–C) groups is 1. The van der Waals surface area contributed by atoms with E-state index in [0.29, 0.717) is 11.9 Å². The summed E-state index contributed by atoms with van der Waals surface area (Å²) in [5.74, 6) is -0.823. The van der Waals surface area contributed by atoms with Crippen LogP contribution in [-0.2, 0) is 22.3 Å². The van der Waals surface area contributed by atoms with Gasteiger partial charge in [-0.05, 0) is 48.9 Å². The van der Waals surface area contributed by atoms with E-state index in [1.807, 2.05) is 19.1 Å². The lowest BCUT2D eigenvalue weighted by Gasteiger charge is -2.20. The Morgan fingerprint density at radius 3 is 2.64 bits per heavy atom. The van der Waals surface area contributed by atoms with Crippen LogP contribution in [0.5, 0.6) is 0 Å². The summed E-state index contributed by atoms with van der Waals surface area (Å²) in [5, 5.41) is 6.67. The minimum Gasteiger partial charge on any atom is -0.380 e. The molecule has 2 aromatic heterocycles. The number of alkyl halides is 3. The van der Waals surface area contributed by atoms with Gasteiger partial charge >= 0.3 is 12.2 Å². The zero-order valence-corrected chi connectivity index (χ0v) is 22.8. The predicted octanol–water partition coefficient (Wildman–Crippen LogP) is 5.61. The van der Waals surface area contributed by atoms with E-state index in [0.717, 1.165) is 45.8 Å². The van der Waals surface area contributed by atoms with Crippen molar-refractivity contribution in [2.24, 2.45) is 4.99 Å². The minimum absolute atomic E-state index is 0.0789. The van der Waals surface area contributed by atoms with Crippen molar-refractivity contribution >= 4 is 40.2 Å². The number of hydrogen-bond donors (Lipinski definition) is 1. The number of urea groups is 1. The molecule has 0 saturated carbocycles. The number of carbonyl (C=O) groups is 2. The lowest BCUT2D eigenvalue weighted by atomic mass is 10.1. The molecule has 3 heterocycles. The second-order valence-electron chi connectivity index (χ2n) is 9.02. The molecule has 1 saturated heterocycles. The van der Waals surface area contributed by atoms with E-state index in [-0.39, 0.29) is 46.3 Å². The van der Waals surface area contributed by atoms with Crippen molar-refractivity contribution in [3.63, 3.8) is 0 Å². The fourth-order valence-corrected chi connectivity index (χ4v) is 4.88. The highest BCUT2D eigenvalue weighted by molar-refractivity contribution is 8.15. The number of pyridine rings is 1. The molecule has 15 heteroatoms. The van der Waals surface area contributed by atoms with E-state index in [2.05, 4.69) is 25.4 Å². The van der Waals surface area contributed by atoms with Crippen LogP contribution in [0.4, 0.5) is 33.7 Å². The van der Waals surface area contributed by atoms with E-state index >= 15 is 0 Å². The van der Waals surface area contributed by atoms with Gasteiger partial charge in [0, 0.05) is 24.4 Å². The molecule has 4 aromatic rings. The number of halogens is 4. The van der Waals surface area contributed by atoms with E-state index < -0.39 is 23.6 Å². The quantitative estimate of drug-likeness (QED) is 0.287. The van der Waals surface area contributed by atoms with Crippen LogP contribution in [0.15, 0.2) is 66.0 Å². The average Bonchev–Trinajstić information content (AvgIpc) is 3.58. The largest absolute Gasteiger partial charge is 0.417 e. The zero-order chi connectivity index (χ0) is 30.0. The number of benzene rings is 2. The monoisotopic (exact) mass is 599 g/mol. The van der Waals surface area contributed by atoms with Crippen LogP contribution in [-0.4, -0.2) is 49.7 Å². The SMILES string of the molecule is COCc1ccc(C)cc1N1C(=O)CSC1=NC(=O)Nc1ccc(-c2ncn(-c3ccc(C(F)(F)F)cn3)n2)cc1F. The van der Waals surface area contributed by atoms with E-state index in [1.54, 1.807) is 6.07 Å². The molecule has 3 amide bonds. The molecule has 216 valence electrons. The first kappa shape index (κ1) is 28.9. The molecule has 1 aliphatic rings. The Hall–Kier alpha value is -4.63. The maximum absolute atomic E-state index is 15.0. The number of nitrogens with zero attached hydrogens (tertiary/aromatic N) is 6. The first-order valence-corrected chi connectivity index (χ1v) is 13.2. The highest BCUT2D eigenvalue weighted by atomic mass is 32.2. The number of amidine groups is 1. The van der Waals surface area contributed by atoms with Crippen molar-refractivity contribution in [1.29, 1.82) is 0 Å². The third-order valence-corrected chi connectivity index (χ3v) is 6.94. The Morgan fingerprint density at radius 1 is 1.14 bits per heavy atom. The molecule has 0 spiro atoms. The maximum Gasteiger partial charge on any atom is 0.417 e. The van der Waals surface area contributed by atoms with Gasteiger partial charge in [-0.2, -0.15) is 18.2 Å². The van der Waals surface area contributed by atoms with Crippen LogP contribution in [0.2, 0.25) is 0 Å². The summed E-state index contributed by atoms with van der Waals surface area (Å²) < 4.78 is 59.7. The van der Waals surface area contributed by atoms with E-state index in [4.69, 9.17) is 4.74 Å². The molecule has 0 radical (unpaired) electrons. The van der Waals surface area contributed by atoms with Crippen LogP contribution in [0.25, 0.3) is 17.2 Å². The number of nitrogens with one attached hydrogen (secondary N) is 1. The second-order valence-corrected chi connectivity index (χ2v) is 9.96. The third kappa shape index (κ3) is 6.16. The van der Waals surface area contributed by atoms with Crippen molar-refractivity contribution in [3.05, 3.63) is 83.6 Å². The van der Waals surface area contributed by atoms with Crippen LogP contribution in [0.1, 0.15) is 16.7 Å². The number of thioether (sulfide) groups is 1. The topological polar surface area (TPSA) is 115 Å². The normalized spacial score (nSPS) is 14.6. The Kier molecular flexibility index (Phi) is 8.04. The smallest absolute Gasteiger partial charge is 0.380 e. The van der Waals surface area contributed by atoms with Gasteiger partial charge in [0.1, 0.15) is 12.1 Å². The molecular weight excluding hydrogens is 578 g/mol. The number of aryl methyl sites for hydroxylation is 1. The number of hydrogen-bond acceptors (Lipinski definition) is 7. The first-order valence-electron chi connectivity index (χ1n) is 12.2. The first-order chi connectivity index (χ1) is 20.0. The van der Waals surface area contributed by atoms with Crippen molar-refractivity contribution < 1.29 is 31.9 Å². The van der Waals surface area contributed by atoms with Crippen molar-refractivity contribution in [2.45, 2.75) is 19.7 Å². The minimum atomic E-state index is -4.53. The Labute approximate surface area is 240 Å². The molecule has 1 aliphatic heterocycles. The van der Waals surface area contributed by atoms with Crippen LogP contribution in [0.3, 0.4) is 0 Å². The number of methoxy groups -OCH3 is 1. The molecule has 10 nitrogen and oxygen atoms in total. The standard InChI is InChI=1S/C27H21F4N7O3S/c1-15-3-4-17(12-41-2)21(9-15)38-23(39)13-42-26(38)35-25(40)34-20-7-5-16(10-19(20)28)24-33-14-37(36-24)22-8-6-18(11-32-22)27(29,30)31/h3-11,14H,12-13H2,1-2H3,(H,34,40). The summed E-state index contributed by atoms with van der Waals surface area (Å²) in [6.45, 7) is 2.12. The maximum atomic E-state index is 15.0. The Bertz CT molecular complexity index is 1690. The zero-order valence-electron chi connectivity index (χ0n) is 22.0. The number of carbonyl (C=O) groups excluding carboxylic acids is 2. The summed E-state index contributed by atoms with van der Waals surface area (Å²) in [6.07, 6.45) is -2.62. The summed E-state index contributed by atoms with van der Waals surface area (Å²) >= 11 is 1.08. The van der Waals surface area contributed by atoms with Gasteiger partial charge in [0.15, 0.2) is 16.8 Å². The summed E-state index contributed by atoms with van der Waals surface area (Å²) in [5.41, 5.74) is 1.35. The molecule has 1 fully saturated rings. The number of ether oxygens (including phenoxy) is 1. The molecule has 0 aliphatic carbocycles. The lowest BCUT2D eigenvalue weighted by molar-refractivity contribution is -0.137. The molecule has 0 bridgehead atoms. The predicted molar refractivity (Wildman–Crippen MR) is 148 cm³/mol. The van der Waals surface area contributed by atoms with Gasteiger partial charge in [0.25, 0.3) is 0 Å². The third-order valence-electron chi connectivity index (χ3n) is 6.01. The van der Waals surface area contributed by atoms with Gasteiger partial charge in [-0.1, -0.05) is 23.9 Å². The van der Waals surface area contributed by atoms with Gasteiger partial charge < -0.3 is 10.1 Å². The Balaban J connectivity index is 1.32. The fraction of sp³-hybridized carbons (Fsp3) is 0.185. The van der Waals surface area contributed by atoms with Gasteiger partial charge in [0.2, 0.25) is 5.91 Å². The van der Waals surface area contributed by atoms with E-state index in [9.17, 15) is 27.2 Å². The van der Waals surface area contributed by atoms with Crippen molar-refractivity contribution in [3.8, 4) is 17.2 Å². The molecule has 0 atom stereocenters. The number of aromatic nitrogens is 4. The molecule has 0 unspecified atom stereocenters. The molecule has 1 N–H and O–H groups in total. The van der Waals surface area contributed by atoms with Crippen LogP contribution in [0, 0.1) is 12.7 Å². The molecule has 2 aromatic carbocycles. The van der Waals surface area contributed by atoms with Crippen molar-refractivity contribution in [2.75, 3.05) is 23.1 Å². The number of anilines is 2. The highest BCUT2D eigenvalue weighted by Gasteiger charge is 2.32. The summed E-state index contributed by atoms with van der Waals surface area (Å²) in [4.78, 5) is 38.6. The summed E-state index contributed by atoms with van der Waals surface area (Å²) in [6, 6.07) is 10.5. The molecular formula is C27H21F4N7O3S. The highest BCUT2D eigenvalue weighted by Crippen LogP contribution is 2.32. The van der Waals surface area contributed by atoms with Gasteiger partial charge in [0.05, 0.1) is 29.3 Å². The van der Waals surface area contributed by atoms with Crippen LogP contribution < -0.4 is 10.2 Å². The number of amides is 3. The average molecular weight is 600 g/mol. The molecule has 42 heavy (non-hydrogen) atoms. The lowest BCUT2D eigenvalue weighted by Crippen LogP contribution is -2.31. The van der Waals surface area contributed by atoms with Gasteiger partial charge in [-0.3, -0.25) is 9.69 Å². The second kappa shape index (κ2) is 11.7. The van der Waals surface area contributed by atoms with Gasteiger partial charge in [-0.25, -0.2) is 23.8 Å². The fourth-order valence-electron chi connectivity index (χ4n) is 4.02. The van der Waals surface area contributed by atoms with E-state index in [1.165, 1.54) is 30.5 Å². The Morgan fingerprint density at radius 2 is 1.95 bits per heavy atom. The molecule has 5 rings (SSSR count). The van der Waals surface area contributed by atoms with Crippen molar-refractivity contribution in [1.82, 2.24) is 19.7 Å². The van der Waals surface area contributed by atoms with Gasteiger partial charge in [-0.15, -0.1) is 5.10 Å².